The third kappa shape index (κ3) is 3.94. The van der Waals surface area contributed by atoms with Gasteiger partial charge in [0.1, 0.15) is 0 Å². The van der Waals surface area contributed by atoms with Gasteiger partial charge in [-0.15, -0.1) is 0 Å². The van der Waals surface area contributed by atoms with Gasteiger partial charge in [0.05, 0.1) is 5.56 Å². The van der Waals surface area contributed by atoms with Crippen LogP contribution in [0.3, 0.4) is 0 Å². The topological polar surface area (TPSA) is 45.2 Å². The number of aromatic nitrogens is 1. The Morgan fingerprint density at radius 1 is 1.25 bits per heavy atom. The second-order valence-corrected chi connectivity index (χ2v) is 6.63. The molecule has 0 radical (unpaired) electrons. The molecule has 2 heterocycles. The van der Waals surface area contributed by atoms with Crippen molar-refractivity contribution in [3.63, 3.8) is 0 Å². The normalized spacial score (nSPS) is 16.8. The maximum atomic E-state index is 12.4. The van der Waals surface area contributed by atoms with E-state index in [1.807, 2.05) is 29.2 Å². The molecule has 1 atom stereocenters. The minimum atomic E-state index is 0.0701. The average molecular weight is 344 g/mol. The molecule has 1 saturated heterocycles. The van der Waals surface area contributed by atoms with Crippen molar-refractivity contribution in [1.29, 1.82) is 0 Å². The van der Waals surface area contributed by atoms with E-state index < -0.39 is 0 Å². The van der Waals surface area contributed by atoms with Gasteiger partial charge in [0.25, 0.3) is 5.91 Å². The molecule has 126 valence electrons. The van der Waals surface area contributed by atoms with Crippen LogP contribution in [0.15, 0.2) is 48.8 Å². The summed E-state index contributed by atoms with van der Waals surface area (Å²) in [6.07, 6.45) is 5.21. The number of piperidine rings is 1. The second kappa shape index (κ2) is 7.77. The highest BCUT2D eigenvalue weighted by Crippen LogP contribution is 2.24. The molecule has 1 aliphatic rings. The lowest BCUT2D eigenvalue weighted by atomic mass is 10.0. The first-order valence-electron chi connectivity index (χ1n) is 8.35. The molecular formula is C19H22ClN3O. The summed E-state index contributed by atoms with van der Waals surface area (Å²) in [5.74, 6) is 0.0701. The highest BCUT2D eigenvalue weighted by molar-refractivity contribution is 6.31. The number of nitrogens with zero attached hydrogens (tertiary/aromatic N) is 2. The summed E-state index contributed by atoms with van der Waals surface area (Å²) in [6, 6.07) is 12.1. The van der Waals surface area contributed by atoms with Crippen LogP contribution in [-0.4, -0.2) is 34.9 Å². The quantitative estimate of drug-likeness (QED) is 0.920. The van der Waals surface area contributed by atoms with Gasteiger partial charge in [-0.25, -0.2) is 0 Å². The molecule has 1 fully saturated rings. The smallest absolute Gasteiger partial charge is 0.255 e. The van der Waals surface area contributed by atoms with Crippen molar-refractivity contribution < 1.29 is 4.79 Å². The van der Waals surface area contributed by atoms with Crippen molar-refractivity contribution in [3.8, 4) is 0 Å². The minimum absolute atomic E-state index is 0.0701. The fraction of sp³-hybridized carbons (Fsp3) is 0.368. The van der Waals surface area contributed by atoms with Crippen molar-refractivity contribution in [2.24, 2.45) is 0 Å². The minimum Gasteiger partial charge on any atom is -0.338 e. The summed E-state index contributed by atoms with van der Waals surface area (Å²) in [7, 11) is 0. The molecule has 0 spiro atoms. The lowest BCUT2D eigenvalue weighted by Gasteiger charge is -2.34. The number of hydrogen-bond donors (Lipinski definition) is 1. The van der Waals surface area contributed by atoms with Gasteiger partial charge in [0.15, 0.2) is 0 Å². The molecule has 0 aliphatic carbocycles. The van der Waals surface area contributed by atoms with Gasteiger partial charge >= 0.3 is 0 Å². The Hall–Kier alpha value is -1.91. The van der Waals surface area contributed by atoms with Crippen LogP contribution in [-0.2, 0) is 0 Å². The van der Waals surface area contributed by atoms with Crippen molar-refractivity contribution in [3.05, 3.63) is 64.9 Å². The predicted octanol–water partition coefficient (Wildman–Crippen LogP) is 3.69. The molecule has 0 bridgehead atoms. The molecule has 1 aromatic carbocycles. The van der Waals surface area contributed by atoms with Crippen molar-refractivity contribution in [1.82, 2.24) is 15.2 Å². The molecule has 3 rings (SSSR count). The van der Waals surface area contributed by atoms with Crippen molar-refractivity contribution in [2.45, 2.75) is 31.8 Å². The molecule has 0 saturated carbocycles. The number of carbonyl (C=O) groups is 1. The zero-order valence-corrected chi connectivity index (χ0v) is 14.5. The van der Waals surface area contributed by atoms with Crippen molar-refractivity contribution in [2.75, 3.05) is 13.1 Å². The summed E-state index contributed by atoms with van der Waals surface area (Å²) in [5.41, 5.74) is 1.78. The number of benzene rings is 1. The van der Waals surface area contributed by atoms with Gasteiger partial charge in [-0.2, -0.15) is 0 Å². The molecule has 1 N–H and O–H groups in total. The van der Waals surface area contributed by atoms with Crippen LogP contribution in [0.2, 0.25) is 5.02 Å². The van der Waals surface area contributed by atoms with E-state index in [1.165, 1.54) is 0 Å². The van der Waals surface area contributed by atoms with Gasteiger partial charge in [-0.1, -0.05) is 29.8 Å². The van der Waals surface area contributed by atoms with E-state index in [9.17, 15) is 4.79 Å². The van der Waals surface area contributed by atoms with Crippen LogP contribution >= 0.6 is 11.6 Å². The van der Waals surface area contributed by atoms with E-state index in [1.54, 1.807) is 18.5 Å². The molecule has 1 amide bonds. The second-order valence-electron chi connectivity index (χ2n) is 6.22. The Morgan fingerprint density at radius 2 is 2.00 bits per heavy atom. The maximum Gasteiger partial charge on any atom is 0.255 e. The van der Waals surface area contributed by atoms with E-state index in [4.69, 9.17) is 11.6 Å². The third-order valence-corrected chi connectivity index (χ3v) is 4.89. The first-order chi connectivity index (χ1) is 11.6. The summed E-state index contributed by atoms with van der Waals surface area (Å²) in [5, 5.41) is 4.43. The van der Waals surface area contributed by atoms with Crippen LogP contribution in [0.1, 0.15) is 41.7 Å². The lowest BCUT2D eigenvalue weighted by Crippen LogP contribution is -2.45. The van der Waals surface area contributed by atoms with Gasteiger partial charge < -0.3 is 10.2 Å². The largest absolute Gasteiger partial charge is 0.338 e. The molecule has 5 heteroatoms. The van der Waals surface area contributed by atoms with E-state index in [-0.39, 0.29) is 11.9 Å². The Labute approximate surface area is 147 Å². The van der Waals surface area contributed by atoms with E-state index in [0.717, 1.165) is 36.5 Å². The number of halogens is 1. The van der Waals surface area contributed by atoms with Crippen LogP contribution in [0.4, 0.5) is 0 Å². The Balaban J connectivity index is 1.54. The van der Waals surface area contributed by atoms with Gasteiger partial charge in [-0.3, -0.25) is 9.78 Å². The molecule has 0 unspecified atom stereocenters. The molecular weight excluding hydrogens is 322 g/mol. The lowest BCUT2D eigenvalue weighted by molar-refractivity contribution is 0.0702. The van der Waals surface area contributed by atoms with Gasteiger partial charge in [-0.05, 0) is 43.5 Å². The number of hydrogen-bond acceptors (Lipinski definition) is 3. The van der Waals surface area contributed by atoms with Crippen LogP contribution in [0, 0.1) is 0 Å². The first-order valence-corrected chi connectivity index (χ1v) is 8.72. The first kappa shape index (κ1) is 16.9. The number of amides is 1. The van der Waals surface area contributed by atoms with Gasteiger partial charge in [0.2, 0.25) is 0 Å². The standard InChI is InChI=1S/C19H22ClN3O/c1-14(17-6-2-3-7-18(17)20)22-16-8-11-23(12-9-16)19(24)15-5-4-10-21-13-15/h2-7,10,13-14,16,22H,8-9,11-12H2,1H3/t14-/m0/s1. The third-order valence-electron chi connectivity index (χ3n) is 4.55. The molecule has 1 aromatic heterocycles. The Bertz CT molecular complexity index is 684. The summed E-state index contributed by atoms with van der Waals surface area (Å²) in [6.45, 7) is 3.66. The Morgan fingerprint density at radius 3 is 2.67 bits per heavy atom. The van der Waals surface area contributed by atoms with Crippen LogP contribution in [0.5, 0.6) is 0 Å². The van der Waals surface area contributed by atoms with E-state index in [0.29, 0.717) is 11.6 Å². The SMILES string of the molecule is C[C@H](NC1CCN(C(=O)c2cccnc2)CC1)c1ccccc1Cl. The molecule has 4 nitrogen and oxygen atoms in total. The highest BCUT2D eigenvalue weighted by atomic mass is 35.5. The highest BCUT2D eigenvalue weighted by Gasteiger charge is 2.25. The van der Waals surface area contributed by atoms with Crippen molar-refractivity contribution >= 4 is 17.5 Å². The number of carbonyl (C=O) groups excluding carboxylic acids is 1. The summed E-state index contributed by atoms with van der Waals surface area (Å²) in [4.78, 5) is 18.4. The van der Waals surface area contributed by atoms with E-state index in [2.05, 4.69) is 23.3 Å². The van der Waals surface area contributed by atoms with Gasteiger partial charge in [0, 0.05) is 42.6 Å². The van der Waals surface area contributed by atoms with Crippen LogP contribution < -0.4 is 5.32 Å². The van der Waals surface area contributed by atoms with E-state index >= 15 is 0 Å². The zero-order valence-electron chi connectivity index (χ0n) is 13.8. The fourth-order valence-electron chi connectivity index (χ4n) is 3.19. The monoisotopic (exact) mass is 343 g/mol. The fourth-order valence-corrected chi connectivity index (χ4v) is 3.49. The Kier molecular flexibility index (Phi) is 5.48. The molecule has 1 aliphatic heterocycles. The number of likely N-dealkylation sites (tertiary alicyclic amines) is 1. The predicted molar refractivity (Wildman–Crippen MR) is 96.2 cm³/mol. The van der Waals surface area contributed by atoms with Crippen LogP contribution in [0.25, 0.3) is 0 Å². The zero-order chi connectivity index (χ0) is 16.9. The summed E-state index contributed by atoms with van der Waals surface area (Å²) >= 11 is 6.27. The summed E-state index contributed by atoms with van der Waals surface area (Å²) < 4.78 is 0. The maximum absolute atomic E-state index is 12.4. The number of rotatable bonds is 4. The molecule has 24 heavy (non-hydrogen) atoms. The number of pyridine rings is 1. The molecule has 2 aromatic rings. The number of nitrogens with one attached hydrogen (secondary N) is 1. The average Bonchev–Trinajstić information content (AvgIpc) is 2.63.